The van der Waals surface area contributed by atoms with Crippen LogP contribution >= 0.6 is 0 Å². The molecule has 1 aromatic carbocycles. The van der Waals surface area contributed by atoms with Crippen LogP contribution in [0.4, 0.5) is 5.82 Å². The Morgan fingerprint density at radius 3 is 2.64 bits per heavy atom. The van der Waals surface area contributed by atoms with Crippen molar-refractivity contribution < 1.29 is 19.3 Å². The largest absolute Gasteiger partial charge is 0.486 e. The maximum absolute atomic E-state index is 10.3. The Labute approximate surface area is 165 Å². The molecular weight excluding hydrogens is 358 g/mol. The second-order valence-corrected chi connectivity index (χ2v) is 7.16. The molecule has 4 rings (SSSR count). The summed E-state index contributed by atoms with van der Waals surface area (Å²) in [5, 5.41) is 10.3. The number of anilines is 1. The number of hydrogen-bond acceptors (Lipinski definition) is 7. The zero-order valence-corrected chi connectivity index (χ0v) is 15.9. The summed E-state index contributed by atoms with van der Waals surface area (Å²) in [5.74, 6) is 2.53. The number of piperazine rings is 1. The van der Waals surface area contributed by atoms with Crippen LogP contribution < -0.4 is 14.4 Å². The molecular formula is C21H27N3O4. The number of para-hydroxylation sites is 2. The Bertz CT molecular complexity index is 737. The van der Waals surface area contributed by atoms with E-state index in [-0.39, 0.29) is 6.10 Å². The van der Waals surface area contributed by atoms with Gasteiger partial charge in [0.25, 0.3) is 0 Å². The maximum atomic E-state index is 10.3. The Morgan fingerprint density at radius 2 is 1.86 bits per heavy atom. The Morgan fingerprint density at radius 1 is 1.07 bits per heavy atom. The lowest BCUT2D eigenvalue weighted by Crippen LogP contribution is -2.49. The Hall–Kier alpha value is -2.35. The van der Waals surface area contributed by atoms with Crippen molar-refractivity contribution in [2.45, 2.75) is 12.2 Å². The number of aromatic nitrogens is 1. The molecule has 150 valence electrons. The zero-order chi connectivity index (χ0) is 19.2. The molecule has 0 amide bonds. The highest BCUT2D eigenvalue weighted by atomic mass is 16.6. The van der Waals surface area contributed by atoms with E-state index in [2.05, 4.69) is 14.8 Å². The monoisotopic (exact) mass is 385 g/mol. The SMILES string of the molecule is O[C@@H](COC[C@H]1COc2ccccc2O1)CN1CCN(c2ccccn2)CC1. The second kappa shape index (κ2) is 9.23. The number of aliphatic hydroxyl groups excluding tert-OH is 1. The van der Waals surface area contributed by atoms with Crippen molar-refractivity contribution in [1.29, 1.82) is 0 Å². The Kier molecular flexibility index (Phi) is 6.26. The van der Waals surface area contributed by atoms with E-state index in [1.807, 2.05) is 48.7 Å². The van der Waals surface area contributed by atoms with Gasteiger partial charge in [0.2, 0.25) is 0 Å². The summed E-state index contributed by atoms with van der Waals surface area (Å²) in [6, 6.07) is 13.6. The number of pyridine rings is 1. The van der Waals surface area contributed by atoms with Gasteiger partial charge < -0.3 is 24.2 Å². The van der Waals surface area contributed by atoms with Crippen LogP contribution in [0.3, 0.4) is 0 Å². The number of β-amino-alcohol motifs (C(OH)–C–C–N with tert-alkyl or cyclic N) is 1. The number of aliphatic hydroxyl groups is 1. The lowest BCUT2D eigenvalue weighted by Gasteiger charge is -2.36. The van der Waals surface area contributed by atoms with Gasteiger partial charge in [-0.15, -0.1) is 0 Å². The molecule has 3 heterocycles. The van der Waals surface area contributed by atoms with Crippen LogP contribution in [0.15, 0.2) is 48.7 Å². The average Bonchev–Trinajstić information content (AvgIpc) is 2.75. The fourth-order valence-corrected chi connectivity index (χ4v) is 3.53. The molecule has 0 spiro atoms. The number of hydrogen-bond donors (Lipinski definition) is 1. The molecule has 2 aliphatic heterocycles. The van der Waals surface area contributed by atoms with E-state index in [0.29, 0.717) is 26.4 Å². The summed E-state index contributed by atoms with van der Waals surface area (Å²) in [6.45, 7) is 5.41. The van der Waals surface area contributed by atoms with E-state index >= 15 is 0 Å². The van der Waals surface area contributed by atoms with Crippen LogP contribution in [-0.2, 0) is 4.74 Å². The molecule has 1 aromatic heterocycles. The van der Waals surface area contributed by atoms with Crippen LogP contribution in [-0.4, -0.2) is 79.7 Å². The molecule has 2 aromatic rings. The molecule has 1 fully saturated rings. The molecule has 2 atom stereocenters. The molecule has 2 aliphatic rings. The summed E-state index contributed by atoms with van der Waals surface area (Å²) in [5.41, 5.74) is 0. The molecule has 0 aliphatic carbocycles. The quantitative estimate of drug-likeness (QED) is 0.773. The molecule has 1 N–H and O–H groups in total. The minimum Gasteiger partial charge on any atom is -0.486 e. The van der Waals surface area contributed by atoms with Gasteiger partial charge in [-0.05, 0) is 24.3 Å². The van der Waals surface area contributed by atoms with Crippen molar-refractivity contribution in [3.63, 3.8) is 0 Å². The summed E-state index contributed by atoms with van der Waals surface area (Å²) in [7, 11) is 0. The van der Waals surface area contributed by atoms with E-state index in [4.69, 9.17) is 14.2 Å². The van der Waals surface area contributed by atoms with E-state index in [1.165, 1.54) is 0 Å². The maximum Gasteiger partial charge on any atom is 0.161 e. The van der Waals surface area contributed by atoms with E-state index < -0.39 is 6.10 Å². The summed E-state index contributed by atoms with van der Waals surface area (Å²) in [4.78, 5) is 8.95. The third-order valence-electron chi connectivity index (χ3n) is 5.00. The van der Waals surface area contributed by atoms with Crippen molar-refractivity contribution in [2.75, 3.05) is 57.4 Å². The average molecular weight is 385 g/mol. The number of benzene rings is 1. The first-order chi connectivity index (χ1) is 13.8. The lowest BCUT2D eigenvalue weighted by molar-refractivity contribution is -0.0292. The van der Waals surface area contributed by atoms with E-state index in [9.17, 15) is 5.11 Å². The van der Waals surface area contributed by atoms with Gasteiger partial charge in [-0.1, -0.05) is 18.2 Å². The fourth-order valence-electron chi connectivity index (χ4n) is 3.53. The van der Waals surface area contributed by atoms with Gasteiger partial charge in [-0.25, -0.2) is 4.98 Å². The van der Waals surface area contributed by atoms with Crippen LogP contribution in [0.25, 0.3) is 0 Å². The summed E-state index contributed by atoms with van der Waals surface area (Å²) >= 11 is 0. The van der Waals surface area contributed by atoms with Crippen LogP contribution in [0.5, 0.6) is 11.5 Å². The minimum absolute atomic E-state index is 0.149. The van der Waals surface area contributed by atoms with Gasteiger partial charge in [-0.2, -0.15) is 0 Å². The first-order valence-corrected chi connectivity index (χ1v) is 9.80. The highest BCUT2D eigenvalue weighted by Crippen LogP contribution is 2.30. The molecule has 0 bridgehead atoms. The molecule has 0 radical (unpaired) electrons. The summed E-state index contributed by atoms with van der Waals surface area (Å²) < 4.78 is 17.2. The van der Waals surface area contributed by atoms with Gasteiger partial charge in [0.15, 0.2) is 17.6 Å². The molecule has 7 nitrogen and oxygen atoms in total. The molecule has 0 unspecified atom stereocenters. The molecule has 7 heteroatoms. The van der Waals surface area contributed by atoms with Crippen molar-refractivity contribution in [2.24, 2.45) is 0 Å². The fraction of sp³-hybridized carbons (Fsp3) is 0.476. The topological polar surface area (TPSA) is 67.3 Å². The highest BCUT2D eigenvalue weighted by molar-refractivity contribution is 5.40. The van der Waals surface area contributed by atoms with Gasteiger partial charge in [0.05, 0.1) is 19.3 Å². The number of rotatable bonds is 7. The van der Waals surface area contributed by atoms with Gasteiger partial charge in [0.1, 0.15) is 12.4 Å². The minimum atomic E-state index is -0.516. The van der Waals surface area contributed by atoms with Crippen LogP contribution in [0, 0.1) is 0 Å². The van der Waals surface area contributed by atoms with Crippen molar-refractivity contribution in [3.8, 4) is 11.5 Å². The first-order valence-electron chi connectivity index (χ1n) is 9.80. The van der Waals surface area contributed by atoms with E-state index in [0.717, 1.165) is 43.5 Å². The number of nitrogens with zero attached hydrogens (tertiary/aromatic N) is 3. The third-order valence-corrected chi connectivity index (χ3v) is 5.00. The second-order valence-electron chi connectivity index (χ2n) is 7.16. The Balaban J connectivity index is 1.14. The summed E-state index contributed by atoms with van der Waals surface area (Å²) in [6.07, 6.45) is 1.16. The molecule has 28 heavy (non-hydrogen) atoms. The first kappa shape index (κ1) is 19.0. The smallest absolute Gasteiger partial charge is 0.161 e. The van der Waals surface area contributed by atoms with Crippen LogP contribution in [0.2, 0.25) is 0 Å². The van der Waals surface area contributed by atoms with Gasteiger partial charge in [-0.3, -0.25) is 4.90 Å². The normalized spacial score (nSPS) is 20.8. The van der Waals surface area contributed by atoms with Crippen molar-refractivity contribution >= 4 is 5.82 Å². The van der Waals surface area contributed by atoms with Gasteiger partial charge >= 0.3 is 0 Å². The van der Waals surface area contributed by atoms with Crippen LogP contribution in [0.1, 0.15) is 0 Å². The lowest BCUT2D eigenvalue weighted by atomic mass is 10.2. The van der Waals surface area contributed by atoms with Crippen molar-refractivity contribution in [1.82, 2.24) is 9.88 Å². The third kappa shape index (κ3) is 4.92. The number of fused-ring (bicyclic) bond motifs is 1. The zero-order valence-electron chi connectivity index (χ0n) is 15.9. The van der Waals surface area contributed by atoms with E-state index in [1.54, 1.807) is 0 Å². The van der Waals surface area contributed by atoms with Crippen molar-refractivity contribution in [3.05, 3.63) is 48.7 Å². The van der Waals surface area contributed by atoms with Gasteiger partial charge in [0, 0.05) is 38.9 Å². The molecule has 0 saturated carbocycles. The predicted molar refractivity (Wildman–Crippen MR) is 106 cm³/mol. The standard InChI is InChI=1S/C21H27N3O4/c25-17(13-23-9-11-24(12-10-23)21-7-3-4-8-22-21)14-26-15-18-16-27-19-5-1-2-6-20(19)28-18/h1-8,17-18,25H,9-16H2/t17-,18+/m1/s1. The number of ether oxygens (including phenoxy) is 3. The predicted octanol–water partition coefficient (Wildman–Crippen LogP) is 1.42. The molecule has 1 saturated heterocycles. The highest BCUT2D eigenvalue weighted by Gasteiger charge is 2.22.